The van der Waals surface area contributed by atoms with Crippen molar-refractivity contribution in [1.82, 2.24) is 29.4 Å². The Balaban J connectivity index is 1.34. The van der Waals surface area contributed by atoms with Crippen LogP contribution in [-0.2, 0) is 11.3 Å². The van der Waals surface area contributed by atoms with Crippen molar-refractivity contribution in [2.24, 2.45) is 0 Å². The summed E-state index contributed by atoms with van der Waals surface area (Å²) >= 11 is 0. The van der Waals surface area contributed by atoms with E-state index in [1.54, 1.807) is 12.7 Å². The zero-order chi connectivity index (χ0) is 15.6. The number of carbonyl (C=O) groups is 1. The first-order chi connectivity index (χ1) is 11.3. The van der Waals surface area contributed by atoms with Crippen molar-refractivity contribution < 1.29 is 4.79 Å². The van der Waals surface area contributed by atoms with Gasteiger partial charge in [-0.2, -0.15) is 10.2 Å². The zero-order valence-corrected chi connectivity index (χ0v) is 13.1. The Bertz CT molecular complexity index is 665. The smallest absolute Gasteiger partial charge is 0.227 e. The average molecular weight is 315 g/mol. The summed E-state index contributed by atoms with van der Waals surface area (Å²) in [6, 6.07) is 0.386. The van der Waals surface area contributed by atoms with Gasteiger partial charge < -0.3 is 4.90 Å². The lowest BCUT2D eigenvalue weighted by molar-refractivity contribution is -0.117. The molecule has 1 unspecified atom stereocenters. The van der Waals surface area contributed by atoms with Gasteiger partial charge in [-0.3, -0.25) is 19.1 Å². The number of aromatic nitrogens is 5. The summed E-state index contributed by atoms with van der Waals surface area (Å²) in [5, 5.41) is 8.62. The molecule has 1 amide bonds. The van der Waals surface area contributed by atoms with Crippen molar-refractivity contribution in [3.8, 4) is 0 Å². The highest BCUT2D eigenvalue weighted by Crippen LogP contribution is 2.25. The second kappa shape index (κ2) is 6.11. The van der Waals surface area contributed by atoms with Gasteiger partial charge in [0.15, 0.2) is 0 Å². The molecular weight excluding hydrogens is 294 g/mol. The van der Waals surface area contributed by atoms with Gasteiger partial charge in [0, 0.05) is 38.8 Å². The highest BCUT2D eigenvalue weighted by molar-refractivity contribution is 5.95. The van der Waals surface area contributed by atoms with Gasteiger partial charge in [-0.15, -0.1) is 0 Å². The van der Waals surface area contributed by atoms with Crippen LogP contribution in [0.2, 0.25) is 0 Å². The Morgan fingerprint density at radius 1 is 1.22 bits per heavy atom. The highest BCUT2D eigenvalue weighted by atomic mass is 16.2. The maximum absolute atomic E-state index is 11.8. The van der Waals surface area contributed by atoms with Gasteiger partial charge >= 0.3 is 0 Å². The first-order valence-corrected chi connectivity index (χ1v) is 8.19. The maximum Gasteiger partial charge on any atom is 0.227 e. The minimum atomic E-state index is 0.213. The number of hydrogen-bond donors (Lipinski definition) is 0. The molecule has 2 saturated heterocycles. The van der Waals surface area contributed by atoms with Crippen LogP contribution < -0.4 is 4.90 Å². The number of nitrogens with zero attached hydrogens (tertiary/aromatic N) is 7. The molecule has 23 heavy (non-hydrogen) atoms. The van der Waals surface area contributed by atoms with Gasteiger partial charge in [0.1, 0.15) is 12.7 Å². The second-order valence-electron chi connectivity index (χ2n) is 6.23. The number of amides is 1. The summed E-state index contributed by atoms with van der Waals surface area (Å²) in [5.74, 6) is 0.213. The van der Waals surface area contributed by atoms with E-state index in [2.05, 4.69) is 20.1 Å². The van der Waals surface area contributed by atoms with Gasteiger partial charge in [0.2, 0.25) is 5.91 Å². The van der Waals surface area contributed by atoms with Crippen LogP contribution in [0.3, 0.4) is 0 Å². The topological polar surface area (TPSA) is 72.1 Å². The van der Waals surface area contributed by atoms with E-state index in [1.807, 2.05) is 26.7 Å². The molecule has 2 aromatic rings. The molecule has 0 saturated carbocycles. The summed E-state index contributed by atoms with van der Waals surface area (Å²) in [6.45, 7) is 4.71. The molecule has 1 atom stereocenters. The van der Waals surface area contributed by atoms with Gasteiger partial charge in [0.05, 0.1) is 24.5 Å². The molecule has 4 heterocycles. The van der Waals surface area contributed by atoms with E-state index in [4.69, 9.17) is 0 Å². The Morgan fingerprint density at radius 3 is 2.96 bits per heavy atom. The van der Waals surface area contributed by atoms with E-state index in [9.17, 15) is 4.79 Å². The summed E-state index contributed by atoms with van der Waals surface area (Å²) in [7, 11) is 0. The number of rotatable bonds is 5. The molecule has 2 aliphatic heterocycles. The van der Waals surface area contributed by atoms with E-state index in [1.165, 1.54) is 0 Å². The van der Waals surface area contributed by atoms with E-state index < -0.39 is 0 Å². The SMILES string of the molecule is O=C1CCCN1c1cnn(C2CCN(CCn3cncn3)C2)c1. The first kappa shape index (κ1) is 14.4. The van der Waals surface area contributed by atoms with Crippen molar-refractivity contribution in [2.75, 3.05) is 31.1 Å². The number of carbonyl (C=O) groups excluding carboxylic acids is 1. The molecule has 0 aromatic carbocycles. The Kier molecular flexibility index (Phi) is 3.82. The Labute approximate surface area is 134 Å². The lowest BCUT2D eigenvalue weighted by atomic mass is 10.3. The van der Waals surface area contributed by atoms with Crippen LogP contribution in [0.5, 0.6) is 0 Å². The summed E-state index contributed by atoms with van der Waals surface area (Å²) in [5.41, 5.74) is 0.938. The average Bonchev–Trinajstić information content (AvgIpc) is 3.32. The van der Waals surface area contributed by atoms with Crippen molar-refractivity contribution in [2.45, 2.75) is 31.8 Å². The number of likely N-dealkylation sites (tertiary alicyclic amines) is 1. The maximum atomic E-state index is 11.8. The van der Waals surface area contributed by atoms with Crippen LogP contribution in [0.25, 0.3) is 0 Å². The van der Waals surface area contributed by atoms with Gasteiger partial charge in [-0.05, 0) is 12.8 Å². The van der Waals surface area contributed by atoms with Crippen molar-refractivity contribution in [3.63, 3.8) is 0 Å². The third-order valence-corrected chi connectivity index (χ3v) is 4.71. The fourth-order valence-electron chi connectivity index (χ4n) is 3.41. The summed E-state index contributed by atoms with van der Waals surface area (Å²) < 4.78 is 3.88. The molecule has 0 bridgehead atoms. The monoisotopic (exact) mass is 315 g/mol. The van der Waals surface area contributed by atoms with Crippen molar-refractivity contribution in [1.29, 1.82) is 0 Å². The third kappa shape index (κ3) is 2.98. The van der Waals surface area contributed by atoms with Crippen molar-refractivity contribution in [3.05, 3.63) is 25.0 Å². The van der Waals surface area contributed by atoms with E-state index in [-0.39, 0.29) is 5.91 Å². The fraction of sp³-hybridized carbons (Fsp3) is 0.600. The Morgan fingerprint density at radius 2 is 2.17 bits per heavy atom. The number of anilines is 1. The van der Waals surface area contributed by atoms with E-state index in [0.29, 0.717) is 12.5 Å². The third-order valence-electron chi connectivity index (χ3n) is 4.71. The molecule has 8 nitrogen and oxygen atoms in total. The molecular formula is C15H21N7O. The standard InChI is InChI=1S/C15H21N7O/c23-15-2-1-4-21(15)14-8-17-22(10-14)13-3-5-19(9-13)6-7-20-12-16-11-18-20/h8,10-13H,1-7,9H2. The molecule has 0 N–H and O–H groups in total. The second-order valence-corrected chi connectivity index (χ2v) is 6.23. The predicted molar refractivity (Wildman–Crippen MR) is 83.9 cm³/mol. The molecule has 2 aromatic heterocycles. The first-order valence-electron chi connectivity index (χ1n) is 8.19. The van der Waals surface area contributed by atoms with E-state index in [0.717, 1.165) is 51.3 Å². The van der Waals surface area contributed by atoms with Gasteiger partial charge in [-0.25, -0.2) is 4.98 Å². The molecule has 4 rings (SSSR count). The minimum Gasteiger partial charge on any atom is -0.309 e. The van der Waals surface area contributed by atoms with Crippen molar-refractivity contribution >= 4 is 11.6 Å². The number of hydrogen-bond acceptors (Lipinski definition) is 5. The normalized spacial score (nSPS) is 22.3. The molecule has 8 heteroatoms. The fourth-order valence-corrected chi connectivity index (χ4v) is 3.41. The lowest BCUT2D eigenvalue weighted by Gasteiger charge is -2.16. The van der Waals surface area contributed by atoms with Crippen LogP contribution in [0, 0.1) is 0 Å². The van der Waals surface area contributed by atoms with Gasteiger partial charge in [0.25, 0.3) is 0 Å². The predicted octanol–water partition coefficient (Wildman–Crippen LogP) is 0.548. The van der Waals surface area contributed by atoms with Gasteiger partial charge in [-0.1, -0.05) is 0 Å². The molecule has 0 aliphatic carbocycles. The van der Waals surface area contributed by atoms with Crippen LogP contribution in [0.15, 0.2) is 25.0 Å². The lowest BCUT2D eigenvalue weighted by Crippen LogP contribution is -2.26. The molecule has 2 aliphatic rings. The molecule has 122 valence electrons. The highest BCUT2D eigenvalue weighted by Gasteiger charge is 2.27. The Hall–Kier alpha value is -2.22. The van der Waals surface area contributed by atoms with Crippen LogP contribution in [-0.4, -0.2) is 61.5 Å². The molecule has 0 radical (unpaired) electrons. The summed E-state index contributed by atoms with van der Waals surface area (Å²) in [4.78, 5) is 20.1. The molecule has 0 spiro atoms. The van der Waals surface area contributed by atoms with E-state index >= 15 is 0 Å². The quantitative estimate of drug-likeness (QED) is 0.806. The van der Waals surface area contributed by atoms with Crippen LogP contribution in [0.1, 0.15) is 25.3 Å². The summed E-state index contributed by atoms with van der Waals surface area (Å²) in [6.07, 6.45) is 9.86. The van der Waals surface area contributed by atoms with Crippen LogP contribution >= 0.6 is 0 Å². The zero-order valence-electron chi connectivity index (χ0n) is 13.1. The minimum absolute atomic E-state index is 0.213. The largest absolute Gasteiger partial charge is 0.309 e. The molecule has 2 fully saturated rings. The van der Waals surface area contributed by atoms with Crippen LogP contribution in [0.4, 0.5) is 5.69 Å².